The summed E-state index contributed by atoms with van der Waals surface area (Å²) in [6.07, 6.45) is 4.34. The lowest BCUT2D eigenvalue weighted by atomic mass is 10.2. The predicted octanol–water partition coefficient (Wildman–Crippen LogP) is 1.72. The van der Waals surface area contributed by atoms with Gasteiger partial charge >= 0.3 is 5.97 Å². The molecule has 1 saturated carbocycles. The molecule has 5 nitrogen and oxygen atoms in total. The molecule has 1 aliphatic carbocycles. The van der Waals surface area contributed by atoms with E-state index >= 15 is 0 Å². The normalized spacial score (nSPS) is 15.1. The van der Waals surface area contributed by atoms with Gasteiger partial charge in [-0.2, -0.15) is 0 Å². The highest BCUT2D eigenvalue weighted by atomic mass is 16.4. The molecular formula is C12H10N2O3. The Labute approximate surface area is 96.7 Å². The van der Waals surface area contributed by atoms with E-state index in [0.717, 1.165) is 18.7 Å². The van der Waals surface area contributed by atoms with Gasteiger partial charge in [0.2, 0.25) is 0 Å². The summed E-state index contributed by atoms with van der Waals surface area (Å²) < 4.78 is 1.73. The zero-order valence-electron chi connectivity index (χ0n) is 8.96. The molecule has 17 heavy (non-hydrogen) atoms. The Morgan fingerprint density at radius 1 is 1.47 bits per heavy atom. The standard InChI is InChI=1S/C12H10N2O3/c15-6-9-10-4-3-8(12(16)17)5-14(10)11(13-9)7-1-2-7/h3-7H,1-2H2,(H,16,17). The SMILES string of the molecule is O=Cc1nc(C2CC2)n2cc(C(=O)O)ccc12. The first-order valence-electron chi connectivity index (χ1n) is 5.41. The lowest BCUT2D eigenvalue weighted by Crippen LogP contribution is -2.00. The van der Waals surface area contributed by atoms with Crippen LogP contribution in [0.2, 0.25) is 0 Å². The zero-order valence-corrected chi connectivity index (χ0v) is 8.96. The number of aldehydes is 1. The molecule has 2 aromatic rings. The van der Waals surface area contributed by atoms with E-state index in [1.807, 2.05) is 0 Å². The summed E-state index contributed by atoms with van der Waals surface area (Å²) >= 11 is 0. The van der Waals surface area contributed by atoms with E-state index in [0.29, 0.717) is 23.4 Å². The van der Waals surface area contributed by atoms with Crippen LogP contribution in [0, 0.1) is 0 Å². The molecule has 0 atom stereocenters. The number of carbonyl (C=O) groups is 2. The highest BCUT2D eigenvalue weighted by Gasteiger charge is 2.29. The minimum absolute atomic E-state index is 0.203. The van der Waals surface area contributed by atoms with Crippen molar-refractivity contribution in [2.45, 2.75) is 18.8 Å². The van der Waals surface area contributed by atoms with Crippen LogP contribution in [0.1, 0.15) is 45.4 Å². The number of hydrogen-bond acceptors (Lipinski definition) is 3. The second-order valence-corrected chi connectivity index (χ2v) is 4.23. The molecule has 86 valence electrons. The van der Waals surface area contributed by atoms with Gasteiger partial charge in [0, 0.05) is 12.1 Å². The fourth-order valence-corrected chi connectivity index (χ4v) is 1.98. The maximum atomic E-state index is 10.9. The molecule has 1 N–H and O–H groups in total. The van der Waals surface area contributed by atoms with Crippen molar-refractivity contribution in [1.29, 1.82) is 0 Å². The van der Waals surface area contributed by atoms with Crippen LogP contribution in [0.3, 0.4) is 0 Å². The summed E-state index contributed by atoms with van der Waals surface area (Å²) in [7, 11) is 0. The van der Waals surface area contributed by atoms with Gasteiger partial charge in [0.25, 0.3) is 0 Å². The van der Waals surface area contributed by atoms with Crippen molar-refractivity contribution in [3.05, 3.63) is 35.4 Å². The minimum atomic E-state index is -0.977. The Morgan fingerprint density at radius 2 is 2.24 bits per heavy atom. The van der Waals surface area contributed by atoms with Crippen molar-refractivity contribution < 1.29 is 14.7 Å². The topological polar surface area (TPSA) is 71.7 Å². The van der Waals surface area contributed by atoms with Crippen molar-refractivity contribution in [2.24, 2.45) is 0 Å². The molecule has 0 bridgehead atoms. The first kappa shape index (κ1) is 10.0. The molecule has 0 spiro atoms. The third-order valence-electron chi connectivity index (χ3n) is 2.99. The van der Waals surface area contributed by atoms with Gasteiger partial charge in [-0.25, -0.2) is 9.78 Å². The molecule has 1 aliphatic rings. The number of nitrogens with zero attached hydrogens (tertiary/aromatic N) is 2. The van der Waals surface area contributed by atoms with Crippen LogP contribution in [-0.2, 0) is 0 Å². The molecule has 1 fully saturated rings. The number of aromatic carboxylic acids is 1. The van der Waals surface area contributed by atoms with E-state index in [1.165, 1.54) is 12.3 Å². The molecule has 3 rings (SSSR count). The van der Waals surface area contributed by atoms with Crippen LogP contribution in [0.5, 0.6) is 0 Å². The third kappa shape index (κ3) is 1.51. The van der Waals surface area contributed by atoms with Crippen molar-refractivity contribution in [3.63, 3.8) is 0 Å². The van der Waals surface area contributed by atoms with Gasteiger partial charge in [-0.3, -0.25) is 4.79 Å². The average molecular weight is 230 g/mol. The monoisotopic (exact) mass is 230 g/mol. The van der Waals surface area contributed by atoms with Gasteiger partial charge < -0.3 is 9.51 Å². The number of carboxylic acid groups (broad SMARTS) is 1. The maximum Gasteiger partial charge on any atom is 0.337 e. The van der Waals surface area contributed by atoms with Crippen molar-refractivity contribution >= 4 is 17.8 Å². The zero-order chi connectivity index (χ0) is 12.0. The van der Waals surface area contributed by atoms with Crippen molar-refractivity contribution in [2.75, 3.05) is 0 Å². The first-order chi connectivity index (χ1) is 8.20. The number of pyridine rings is 1. The molecule has 2 heterocycles. The van der Waals surface area contributed by atoms with Crippen LogP contribution in [0.15, 0.2) is 18.3 Å². The van der Waals surface area contributed by atoms with E-state index < -0.39 is 5.97 Å². The first-order valence-corrected chi connectivity index (χ1v) is 5.41. The number of rotatable bonds is 3. The highest BCUT2D eigenvalue weighted by molar-refractivity contribution is 5.89. The van der Waals surface area contributed by atoms with E-state index in [1.54, 1.807) is 10.5 Å². The molecule has 0 saturated heterocycles. The van der Waals surface area contributed by atoms with Crippen LogP contribution in [-0.4, -0.2) is 26.7 Å². The Balaban J connectivity index is 2.28. The molecule has 5 heteroatoms. The summed E-state index contributed by atoms with van der Waals surface area (Å²) in [5.41, 5.74) is 1.25. The van der Waals surface area contributed by atoms with Gasteiger partial charge in [-0.1, -0.05) is 0 Å². The van der Waals surface area contributed by atoms with E-state index in [-0.39, 0.29) is 5.56 Å². The summed E-state index contributed by atoms with van der Waals surface area (Å²) in [5.74, 6) is 0.181. The molecule has 0 amide bonds. The lowest BCUT2D eigenvalue weighted by molar-refractivity contribution is 0.0696. The molecule has 2 aromatic heterocycles. The van der Waals surface area contributed by atoms with Gasteiger partial charge in [0.1, 0.15) is 11.5 Å². The van der Waals surface area contributed by atoms with Crippen molar-refractivity contribution in [1.82, 2.24) is 9.38 Å². The van der Waals surface area contributed by atoms with Crippen LogP contribution >= 0.6 is 0 Å². The second-order valence-electron chi connectivity index (χ2n) is 4.23. The van der Waals surface area contributed by atoms with Crippen LogP contribution in [0.4, 0.5) is 0 Å². The maximum absolute atomic E-state index is 10.9. The van der Waals surface area contributed by atoms with E-state index in [4.69, 9.17) is 5.11 Å². The average Bonchev–Trinajstić information content (AvgIpc) is 3.10. The molecule has 0 unspecified atom stereocenters. The van der Waals surface area contributed by atoms with Gasteiger partial charge in [0.15, 0.2) is 6.29 Å². The highest BCUT2D eigenvalue weighted by Crippen LogP contribution is 2.39. The fraction of sp³-hybridized carbons (Fsp3) is 0.250. The summed E-state index contributed by atoms with van der Waals surface area (Å²) in [6.45, 7) is 0. The van der Waals surface area contributed by atoms with Crippen LogP contribution in [0.25, 0.3) is 5.52 Å². The largest absolute Gasteiger partial charge is 0.478 e. The quantitative estimate of drug-likeness (QED) is 0.815. The number of carbonyl (C=O) groups excluding carboxylic acids is 1. The number of fused-ring (bicyclic) bond motifs is 1. The van der Waals surface area contributed by atoms with E-state index in [9.17, 15) is 9.59 Å². The Morgan fingerprint density at radius 3 is 2.82 bits per heavy atom. The number of imidazole rings is 1. The summed E-state index contributed by atoms with van der Waals surface area (Å²) in [5, 5.41) is 8.95. The molecule has 0 aromatic carbocycles. The second kappa shape index (κ2) is 3.41. The van der Waals surface area contributed by atoms with Crippen molar-refractivity contribution in [3.8, 4) is 0 Å². The molecular weight excluding hydrogens is 220 g/mol. The third-order valence-corrected chi connectivity index (χ3v) is 2.99. The Bertz CT molecular complexity index is 626. The summed E-state index contributed by atoms with van der Waals surface area (Å²) in [4.78, 5) is 26.1. The molecule has 0 radical (unpaired) electrons. The van der Waals surface area contributed by atoms with Gasteiger partial charge in [0.05, 0.1) is 11.1 Å². The Kier molecular flexibility index (Phi) is 2.01. The smallest absolute Gasteiger partial charge is 0.337 e. The Hall–Kier alpha value is -2.17. The van der Waals surface area contributed by atoms with Gasteiger partial charge in [-0.15, -0.1) is 0 Å². The number of aromatic nitrogens is 2. The summed E-state index contributed by atoms with van der Waals surface area (Å²) in [6, 6.07) is 3.12. The fourth-order valence-electron chi connectivity index (χ4n) is 1.98. The van der Waals surface area contributed by atoms with Crippen LogP contribution < -0.4 is 0 Å². The van der Waals surface area contributed by atoms with E-state index in [2.05, 4.69) is 4.98 Å². The number of hydrogen-bond donors (Lipinski definition) is 1. The lowest BCUT2D eigenvalue weighted by Gasteiger charge is -2.00. The number of carboxylic acids is 1. The minimum Gasteiger partial charge on any atom is -0.478 e. The molecule has 0 aliphatic heterocycles. The van der Waals surface area contributed by atoms with Gasteiger partial charge in [-0.05, 0) is 25.0 Å². The predicted molar refractivity (Wildman–Crippen MR) is 59.5 cm³/mol.